The van der Waals surface area contributed by atoms with Gasteiger partial charge in [0.15, 0.2) is 6.54 Å². The largest absolute Gasteiger partial charge is 0.386 e. The van der Waals surface area contributed by atoms with E-state index in [4.69, 9.17) is 0 Å². The number of rotatable bonds is 16. The van der Waals surface area contributed by atoms with Gasteiger partial charge in [-0.05, 0) is 26.4 Å². The fourth-order valence-electron chi connectivity index (χ4n) is 3.32. The molecule has 0 rings (SSSR count). The van der Waals surface area contributed by atoms with E-state index in [9.17, 15) is 14.7 Å². The molecule has 0 fully saturated rings. The summed E-state index contributed by atoms with van der Waals surface area (Å²) in [5, 5.41) is 16.1. The summed E-state index contributed by atoms with van der Waals surface area (Å²) in [5.74, 6) is 0.213. The van der Waals surface area contributed by atoms with Crippen molar-refractivity contribution in [3.8, 4) is 0 Å². The van der Waals surface area contributed by atoms with Gasteiger partial charge in [0.2, 0.25) is 5.91 Å². The zero-order valence-electron chi connectivity index (χ0n) is 20.8. The van der Waals surface area contributed by atoms with E-state index in [-0.39, 0.29) is 23.8 Å². The van der Waals surface area contributed by atoms with Gasteiger partial charge in [0.25, 0.3) is 5.91 Å². The maximum absolute atomic E-state index is 12.3. The predicted octanol–water partition coefficient (Wildman–Crippen LogP) is 0.120. The third-order valence-electron chi connectivity index (χ3n) is 5.19. The number of quaternary nitrogens is 2. The zero-order chi connectivity index (χ0) is 23.4. The van der Waals surface area contributed by atoms with Crippen molar-refractivity contribution in [3.63, 3.8) is 0 Å². The number of hydrogen-bond donors (Lipinski definition) is 3. The molecule has 0 aliphatic heterocycles. The van der Waals surface area contributed by atoms with Crippen LogP contribution in [0.5, 0.6) is 0 Å². The Morgan fingerprint density at radius 3 is 2.20 bits per heavy atom. The lowest BCUT2D eigenvalue weighted by atomic mass is 10.1. The number of nitrogens with one attached hydrogen (secondary N) is 2. The van der Waals surface area contributed by atoms with Crippen LogP contribution in [-0.4, -0.2) is 125 Å². The molecule has 0 saturated heterocycles. The summed E-state index contributed by atoms with van der Waals surface area (Å²) in [6.07, 6.45) is 2.20. The Bertz CT molecular complexity index is 505. The molecular weight excluding hydrogens is 382 g/mol. The average molecular weight is 432 g/mol. The van der Waals surface area contributed by atoms with Crippen LogP contribution in [-0.2, 0) is 9.59 Å². The molecule has 0 bridgehead atoms. The molecule has 2 unspecified atom stereocenters. The summed E-state index contributed by atoms with van der Waals surface area (Å²) in [6, 6.07) is 0. The summed E-state index contributed by atoms with van der Waals surface area (Å²) >= 11 is 0. The lowest BCUT2D eigenvalue weighted by Crippen LogP contribution is -2.49. The second-order valence-electron chi connectivity index (χ2n) is 10.4. The minimum atomic E-state index is -0.349. The molecule has 0 aromatic rings. The molecule has 0 spiro atoms. The maximum Gasteiger partial charge on any atom is 0.275 e. The first kappa shape index (κ1) is 28.8. The van der Waals surface area contributed by atoms with Crippen molar-refractivity contribution in [2.24, 2.45) is 5.92 Å². The van der Waals surface area contributed by atoms with Crippen molar-refractivity contribution in [1.82, 2.24) is 15.5 Å². The summed E-state index contributed by atoms with van der Waals surface area (Å²) < 4.78 is 1.34. The molecule has 0 aromatic carbocycles. The third-order valence-corrected chi connectivity index (χ3v) is 5.19. The Morgan fingerprint density at radius 1 is 1.03 bits per heavy atom. The van der Waals surface area contributed by atoms with E-state index in [1.807, 2.05) is 35.0 Å². The fourth-order valence-corrected chi connectivity index (χ4v) is 3.32. The van der Waals surface area contributed by atoms with E-state index < -0.39 is 0 Å². The molecule has 0 aromatic heterocycles. The molecule has 0 saturated carbocycles. The topological polar surface area (TPSA) is 81.7 Å². The van der Waals surface area contributed by atoms with Crippen LogP contribution in [0.3, 0.4) is 0 Å². The van der Waals surface area contributed by atoms with E-state index in [1.54, 1.807) is 0 Å². The normalized spacial score (nSPS) is 14.5. The molecule has 178 valence electrons. The molecular formula is C22H49N5O3+2. The van der Waals surface area contributed by atoms with Crippen LogP contribution in [0, 0.1) is 5.92 Å². The first-order valence-electron chi connectivity index (χ1n) is 11.3. The van der Waals surface area contributed by atoms with Crippen LogP contribution >= 0.6 is 0 Å². The number of aliphatic hydroxyl groups is 1. The van der Waals surface area contributed by atoms with Gasteiger partial charge >= 0.3 is 0 Å². The third kappa shape index (κ3) is 15.6. The number of nitrogens with zero attached hydrogens (tertiary/aromatic N) is 3. The Hall–Kier alpha value is -1.22. The van der Waals surface area contributed by atoms with Crippen LogP contribution < -0.4 is 10.6 Å². The van der Waals surface area contributed by atoms with Crippen molar-refractivity contribution in [2.45, 2.75) is 39.2 Å². The van der Waals surface area contributed by atoms with Gasteiger partial charge in [0.1, 0.15) is 12.6 Å². The van der Waals surface area contributed by atoms with Crippen molar-refractivity contribution in [1.29, 1.82) is 0 Å². The summed E-state index contributed by atoms with van der Waals surface area (Å²) in [5.41, 5.74) is 0. The van der Waals surface area contributed by atoms with Gasteiger partial charge in [-0.15, -0.1) is 0 Å². The van der Waals surface area contributed by atoms with E-state index >= 15 is 0 Å². The minimum absolute atomic E-state index is 0.0522. The number of carbonyl (C=O) groups is 2. The highest BCUT2D eigenvalue weighted by Gasteiger charge is 2.20. The van der Waals surface area contributed by atoms with Crippen LogP contribution in [0.1, 0.15) is 33.1 Å². The summed E-state index contributed by atoms with van der Waals surface area (Å²) in [6.45, 7) is 8.69. The monoisotopic (exact) mass is 431 g/mol. The molecule has 0 heterocycles. The molecule has 0 aliphatic carbocycles. The second-order valence-corrected chi connectivity index (χ2v) is 10.4. The standard InChI is InChI=1S/C22H47N5O3/c1-9-19(2)22(30)24-13-11-15-27(7,8)18-21(29)23-12-10-14-25(3)16-20(28)17-26(4,5)6/h19-20,28H,9-18H2,1-8H3/p+2. The Labute approximate surface area is 184 Å². The highest BCUT2D eigenvalue weighted by Crippen LogP contribution is 2.02. The van der Waals surface area contributed by atoms with Gasteiger partial charge in [0.05, 0.1) is 41.8 Å². The molecule has 0 radical (unpaired) electrons. The first-order chi connectivity index (χ1) is 13.8. The van der Waals surface area contributed by atoms with Gasteiger partial charge in [-0.3, -0.25) is 9.59 Å². The predicted molar refractivity (Wildman–Crippen MR) is 123 cm³/mol. The number of aliphatic hydroxyl groups excluding tert-OH is 1. The van der Waals surface area contributed by atoms with Gasteiger partial charge in [0, 0.05) is 32.0 Å². The number of carbonyl (C=O) groups excluding carboxylic acids is 2. The van der Waals surface area contributed by atoms with Gasteiger partial charge in [-0.2, -0.15) is 0 Å². The van der Waals surface area contributed by atoms with Crippen molar-refractivity contribution in [2.75, 3.05) is 88.1 Å². The van der Waals surface area contributed by atoms with Gasteiger partial charge in [-0.1, -0.05) is 13.8 Å². The van der Waals surface area contributed by atoms with Crippen LogP contribution in [0.25, 0.3) is 0 Å². The lowest BCUT2D eigenvalue weighted by molar-refractivity contribution is -0.882. The van der Waals surface area contributed by atoms with E-state index in [0.717, 1.165) is 43.4 Å². The van der Waals surface area contributed by atoms with E-state index in [2.05, 4.69) is 36.7 Å². The van der Waals surface area contributed by atoms with Crippen molar-refractivity contribution < 1.29 is 23.7 Å². The SMILES string of the molecule is CCC(C)C(=O)NCCC[N+](C)(C)CC(=O)NCCCN(C)CC(O)C[N+](C)(C)C. The minimum Gasteiger partial charge on any atom is -0.386 e. The fraction of sp³-hybridized carbons (Fsp3) is 0.909. The Morgan fingerprint density at radius 2 is 1.63 bits per heavy atom. The van der Waals surface area contributed by atoms with Crippen LogP contribution in [0.2, 0.25) is 0 Å². The Balaban J connectivity index is 3.96. The van der Waals surface area contributed by atoms with Gasteiger partial charge in [-0.25, -0.2) is 0 Å². The number of likely N-dealkylation sites (N-methyl/N-ethyl adjacent to an activating group) is 3. The first-order valence-corrected chi connectivity index (χ1v) is 11.3. The molecule has 0 aliphatic rings. The van der Waals surface area contributed by atoms with Crippen molar-refractivity contribution in [3.05, 3.63) is 0 Å². The Kier molecular flexibility index (Phi) is 13.4. The average Bonchev–Trinajstić information content (AvgIpc) is 2.59. The van der Waals surface area contributed by atoms with Crippen molar-refractivity contribution >= 4 is 11.8 Å². The van der Waals surface area contributed by atoms with Gasteiger partial charge < -0.3 is 29.6 Å². The summed E-state index contributed by atoms with van der Waals surface area (Å²) in [7, 11) is 12.3. The zero-order valence-corrected chi connectivity index (χ0v) is 20.8. The molecule has 8 heteroatoms. The molecule has 30 heavy (non-hydrogen) atoms. The van der Waals surface area contributed by atoms with Crippen LogP contribution in [0.15, 0.2) is 0 Å². The smallest absolute Gasteiger partial charge is 0.275 e. The number of hydrogen-bond acceptors (Lipinski definition) is 4. The lowest BCUT2D eigenvalue weighted by Gasteiger charge is -2.29. The molecule has 3 N–H and O–H groups in total. The van der Waals surface area contributed by atoms with E-state index in [1.165, 1.54) is 0 Å². The highest BCUT2D eigenvalue weighted by atomic mass is 16.3. The molecule has 2 amide bonds. The van der Waals surface area contributed by atoms with E-state index in [0.29, 0.717) is 30.7 Å². The second kappa shape index (κ2) is 14.0. The highest BCUT2D eigenvalue weighted by molar-refractivity contribution is 5.78. The molecule has 2 atom stereocenters. The maximum atomic E-state index is 12.3. The summed E-state index contributed by atoms with van der Waals surface area (Å²) in [4.78, 5) is 26.2. The number of amides is 2. The molecule has 8 nitrogen and oxygen atoms in total. The van der Waals surface area contributed by atoms with Crippen LogP contribution in [0.4, 0.5) is 0 Å². The quantitative estimate of drug-likeness (QED) is 0.240.